The predicted octanol–water partition coefficient (Wildman–Crippen LogP) is 1.05. The fourth-order valence-electron chi connectivity index (χ4n) is 2.28. The van der Waals surface area contributed by atoms with Crippen molar-refractivity contribution >= 4 is 10.0 Å². The number of rotatable bonds is 7. The van der Waals surface area contributed by atoms with Gasteiger partial charge in [-0.05, 0) is 38.9 Å². The summed E-state index contributed by atoms with van der Waals surface area (Å²) < 4.78 is 40.8. The van der Waals surface area contributed by atoms with Crippen LogP contribution in [0.1, 0.15) is 25.3 Å². The molecule has 0 radical (unpaired) electrons. The van der Waals surface area contributed by atoms with Crippen molar-refractivity contribution in [3.05, 3.63) is 29.6 Å². The molecule has 118 valence electrons. The first-order chi connectivity index (χ1) is 9.86. The van der Waals surface area contributed by atoms with Crippen molar-refractivity contribution in [2.45, 2.75) is 43.3 Å². The number of hydrogen-bond donors (Lipinski definition) is 2. The molecule has 3 N–H and O–H groups in total. The summed E-state index contributed by atoms with van der Waals surface area (Å²) in [5.74, 6) is -0.594. The van der Waals surface area contributed by atoms with E-state index >= 15 is 0 Å². The highest BCUT2D eigenvalue weighted by molar-refractivity contribution is 7.89. The molecule has 5 nitrogen and oxygen atoms in total. The molecular weight excluding hydrogens is 293 g/mol. The Morgan fingerprint density at radius 1 is 1.48 bits per heavy atom. The Kier molecular flexibility index (Phi) is 4.98. The Morgan fingerprint density at radius 3 is 2.71 bits per heavy atom. The minimum absolute atomic E-state index is 0.0215. The number of halogens is 1. The third-order valence-corrected chi connectivity index (χ3v) is 5.46. The molecule has 2 rings (SSSR count). The van der Waals surface area contributed by atoms with Crippen LogP contribution in [0.2, 0.25) is 0 Å². The smallest absolute Gasteiger partial charge is 0.241 e. The van der Waals surface area contributed by atoms with Gasteiger partial charge < -0.3 is 5.73 Å². The van der Waals surface area contributed by atoms with Crippen LogP contribution in [-0.4, -0.2) is 39.0 Å². The summed E-state index contributed by atoms with van der Waals surface area (Å²) >= 11 is 0. The molecular formula is C14H22FN3O2S. The van der Waals surface area contributed by atoms with Gasteiger partial charge in [-0.1, -0.05) is 6.07 Å². The Hall–Kier alpha value is -1.02. The van der Waals surface area contributed by atoms with Crippen molar-refractivity contribution < 1.29 is 12.8 Å². The normalized spacial score (nSPS) is 17.2. The van der Waals surface area contributed by atoms with E-state index in [1.54, 1.807) is 0 Å². The van der Waals surface area contributed by atoms with Crippen LogP contribution in [0.3, 0.4) is 0 Å². The molecule has 0 heterocycles. The predicted molar refractivity (Wildman–Crippen MR) is 79.7 cm³/mol. The number of hydrogen-bond acceptors (Lipinski definition) is 4. The lowest BCUT2D eigenvalue weighted by atomic mass is 10.2. The number of nitrogens with one attached hydrogen (secondary N) is 1. The van der Waals surface area contributed by atoms with Gasteiger partial charge in [-0.2, -0.15) is 0 Å². The Morgan fingerprint density at radius 2 is 2.14 bits per heavy atom. The van der Waals surface area contributed by atoms with Gasteiger partial charge in [0.15, 0.2) is 0 Å². The molecule has 1 aliphatic rings. The highest BCUT2D eigenvalue weighted by Crippen LogP contribution is 2.27. The Labute approximate surface area is 125 Å². The van der Waals surface area contributed by atoms with Crippen LogP contribution < -0.4 is 10.5 Å². The second kappa shape index (κ2) is 6.39. The average molecular weight is 315 g/mol. The zero-order valence-electron chi connectivity index (χ0n) is 12.3. The van der Waals surface area contributed by atoms with Crippen molar-refractivity contribution in [3.63, 3.8) is 0 Å². The van der Waals surface area contributed by atoms with E-state index in [4.69, 9.17) is 5.73 Å². The van der Waals surface area contributed by atoms with E-state index in [1.165, 1.54) is 18.2 Å². The molecule has 1 unspecified atom stereocenters. The van der Waals surface area contributed by atoms with Crippen molar-refractivity contribution in [1.29, 1.82) is 0 Å². The first-order valence-corrected chi connectivity index (χ1v) is 8.54. The topological polar surface area (TPSA) is 75.4 Å². The van der Waals surface area contributed by atoms with Gasteiger partial charge >= 0.3 is 0 Å². The van der Waals surface area contributed by atoms with E-state index in [1.807, 2.05) is 14.0 Å². The maximum atomic E-state index is 13.6. The van der Waals surface area contributed by atoms with Gasteiger partial charge in [-0.25, -0.2) is 17.5 Å². The molecule has 1 aromatic carbocycles. The quantitative estimate of drug-likeness (QED) is 0.788. The van der Waals surface area contributed by atoms with Crippen molar-refractivity contribution in [2.24, 2.45) is 5.73 Å². The van der Waals surface area contributed by atoms with Crippen molar-refractivity contribution in [2.75, 3.05) is 13.6 Å². The van der Waals surface area contributed by atoms with Crippen molar-refractivity contribution in [1.82, 2.24) is 9.62 Å². The molecule has 7 heteroatoms. The summed E-state index contributed by atoms with van der Waals surface area (Å²) in [6.45, 7) is 2.10. The molecule has 0 bridgehead atoms. The zero-order chi connectivity index (χ0) is 15.6. The highest BCUT2D eigenvalue weighted by atomic mass is 32.2. The summed E-state index contributed by atoms with van der Waals surface area (Å²) in [7, 11) is -1.77. The van der Waals surface area contributed by atoms with Crippen LogP contribution in [0.25, 0.3) is 0 Å². The third-order valence-electron chi connectivity index (χ3n) is 3.96. The molecule has 0 aliphatic heterocycles. The molecule has 21 heavy (non-hydrogen) atoms. The Balaban J connectivity index is 2.09. The van der Waals surface area contributed by atoms with Crippen LogP contribution in [0.15, 0.2) is 23.1 Å². The SMILES string of the molecule is CC(CNS(=O)(=O)c1cccc(F)c1CN)N(C)C1CC1. The number of sulfonamides is 1. The summed E-state index contributed by atoms with van der Waals surface area (Å²) in [5.41, 5.74) is 5.48. The molecule has 0 amide bonds. The third kappa shape index (κ3) is 3.79. The van der Waals surface area contributed by atoms with E-state index in [0.29, 0.717) is 6.04 Å². The number of nitrogens with zero attached hydrogens (tertiary/aromatic N) is 1. The number of nitrogens with two attached hydrogens (primary N) is 1. The van der Waals surface area contributed by atoms with Crippen LogP contribution >= 0.6 is 0 Å². The van der Waals surface area contributed by atoms with Crippen LogP contribution in [0.4, 0.5) is 4.39 Å². The largest absolute Gasteiger partial charge is 0.326 e. The summed E-state index contributed by atoms with van der Waals surface area (Å²) in [6, 6.07) is 4.61. The fraction of sp³-hybridized carbons (Fsp3) is 0.571. The highest BCUT2D eigenvalue weighted by Gasteiger charge is 2.30. The van der Waals surface area contributed by atoms with Gasteiger partial charge in [-0.3, -0.25) is 4.90 Å². The number of benzene rings is 1. The maximum absolute atomic E-state index is 13.6. The summed E-state index contributed by atoms with van der Waals surface area (Å²) in [6.07, 6.45) is 2.32. The number of likely N-dealkylation sites (N-methyl/N-ethyl adjacent to an activating group) is 1. The van der Waals surface area contributed by atoms with Gasteiger partial charge in [0.2, 0.25) is 10.0 Å². The van der Waals surface area contributed by atoms with Gasteiger partial charge in [0, 0.05) is 30.7 Å². The van der Waals surface area contributed by atoms with Crippen LogP contribution in [-0.2, 0) is 16.6 Å². The van der Waals surface area contributed by atoms with Gasteiger partial charge in [0.1, 0.15) is 5.82 Å². The first-order valence-electron chi connectivity index (χ1n) is 7.06. The fourth-order valence-corrected chi connectivity index (χ4v) is 3.66. The standard InChI is InChI=1S/C14H22FN3O2S/c1-10(18(2)11-6-7-11)9-17-21(19,20)14-5-3-4-13(15)12(14)8-16/h3-5,10-11,17H,6-9,16H2,1-2H3. The molecule has 1 saturated carbocycles. The zero-order valence-corrected chi connectivity index (χ0v) is 13.2. The maximum Gasteiger partial charge on any atom is 0.241 e. The lowest BCUT2D eigenvalue weighted by Crippen LogP contribution is -2.41. The minimum atomic E-state index is -3.76. The van der Waals surface area contributed by atoms with Gasteiger partial charge in [-0.15, -0.1) is 0 Å². The monoisotopic (exact) mass is 315 g/mol. The summed E-state index contributed by atoms with van der Waals surface area (Å²) in [5, 5.41) is 0. The van der Waals surface area contributed by atoms with E-state index in [2.05, 4.69) is 9.62 Å². The van der Waals surface area contributed by atoms with E-state index in [9.17, 15) is 12.8 Å². The molecule has 1 fully saturated rings. The second-order valence-electron chi connectivity index (χ2n) is 5.52. The molecule has 0 spiro atoms. The first kappa shape index (κ1) is 16.4. The molecule has 1 aromatic rings. The average Bonchev–Trinajstić information content (AvgIpc) is 3.28. The molecule has 0 aromatic heterocycles. The van der Waals surface area contributed by atoms with Crippen molar-refractivity contribution in [3.8, 4) is 0 Å². The molecule has 1 atom stereocenters. The van der Waals surface area contributed by atoms with Gasteiger partial charge in [0.05, 0.1) is 4.90 Å². The molecule has 0 saturated heterocycles. The van der Waals surface area contributed by atoms with E-state index in [0.717, 1.165) is 12.8 Å². The van der Waals surface area contributed by atoms with E-state index < -0.39 is 15.8 Å². The lowest BCUT2D eigenvalue weighted by Gasteiger charge is -2.24. The second-order valence-corrected chi connectivity index (χ2v) is 7.25. The Bertz CT molecular complexity index is 602. The summed E-state index contributed by atoms with van der Waals surface area (Å²) in [4.78, 5) is 2.09. The van der Waals surface area contributed by atoms with E-state index in [-0.39, 0.29) is 29.6 Å². The van der Waals surface area contributed by atoms with Crippen LogP contribution in [0.5, 0.6) is 0 Å². The minimum Gasteiger partial charge on any atom is -0.326 e. The lowest BCUT2D eigenvalue weighted by molar-refractivity contribution is 0.248. The van der Waals surface area contributed by atoms with Crippen LogP contribution in [0, 0.1) is 5.82 Å². The molecule has 1 aliphatic carbocycles. The van der Waals surface area contributed by atoms with Gasteiger partial charge in [0.25, 0.3) is 0 Å².